The maximum atomic E-state index is 12.4. The number of carbonyl (C=O) groups is 2. The molecule has 0 radical (unpaired) electrons. The van der Waals surface area contributed by atoms with Crippen LogP contribution in [0.2, 0.25) is 0 Å². The molecule has 4 nitrogen and oxygen atoms in total. The van der Waals surface area contributed by atoms with Gasteiger partial charge in [0, 0.05) is 12.1 Å². The Morgan fingerprint density at radius 3 is 2.70 bits per heavy atom. The van der Waals surface area contributed by atoms with Gasteiger partial charge in [-0.25, -0.2) is 0 Å². The number of nitrogens with zero attached hydrogens (tertiary/aromatic N) is 1. The molecule has 108 valence electrons. The van der Waals surface area contributed by atoms with E-state index in [1.165, 1.54) is 4.90 Å². The third-order valence-electron chi connectivity index (χ3n) is 3.83. The van der Waals surface area contributed by atoms with Crippen LogP contribution in [0.4, 0.5) is 5.69 Å². The van der Waals surface area contributed by atoms with E-state index in [1.807, 2.05) is 25.1 Å². The molecule has 4 heteroatoms. The van der Waals surface area contributed by atoms with Crippen molar-refractivity contribution in [3.63, 3.8) is 0 Å². The lowest BCUT2D eigenvalue weighted by Crippen LogP contribution is -2.51. The minimum atomic E-state index is -1.19. The average Bonchev–Trinajstić information content (AvgIpc) is 2.39. The van der Waals surface area contributed by atoms with Crippen molar-refractivity contribution in [3.05, 3.63) is 29.3 Å². The van der Waals surface area contributed by atoms with Gasteiger partial charge >= 0.3 is 0 Å². The number of fused-ring (bicyclic) bond motifs is 1. The highest BCUT2D eigenvalue weighted by Gasteiger charge is 2.27. The lowest BCUT2D eigenvalue weighted by atomic mass is 9.97. The normalized spacial score (nSPS) is 17.1. The van der Waals surface area contributed by atoms with E-state index in [0.717, 1.165) is 36.1 Å². The second-order valence-corrected chi connectivity index (χ2v) is 5.35. The Labute approximate surface area is 119 Å². The molecule has 0 fully saturated rings. The lowest BCUT2D eigenvalue weighted by Gasteiger charge is -2.35. The van der Waals surface area contributed by atoms with E-state index in [1.54, 1.807) is 6.92 Å². The van der Waals surface area contributed by atoms with Gasteiger partial charge in [-0.2, -0.15) is 0 Å². The molecule has 1 unspecified atom stereocenters. The Balaban J connectivity index is 2.54. The number of hydrogen-bond acceptors (Lipinski definition) is 3. The molecule has 1 aliphatic rings. The van der Waals surface area contributed by atoms with E-state index in [0.29, 0.717) is 12.8 Å². The fourth-order valence-electron chi connectivity index (χ4n) is 2.75. The van der Waals surface area contributed by atoms with Crippen molar-refractivity contribution in [1.82, 2.24) is 0 Å². The largest absolute Gasteiger partial charge is 0.548 e. The van der Waals surface area contributed by atoms with Crippen molar-refractivity contribution in [1.29, 1.82) is 0 Å². The number of aliphatic carboxylic acids is 1. The zero-order chi connectivity index (χ0) is 14.7. The topological polar surface area (TPSA) is 60.4 Å². The van der Waals surface area contributed by atoms with Gasteiger partial charge in [0.05, 0.1) is 12.0 Å². The van der Waals surface area contributed by atoms with Gasteiger partial charge in [-0.1, -0.05) is 19.1 Å². The van der Waals surface area contributed by atoms with E-state index < -0.39 is 12.0 Å². The summed E-state index contributed by atoms with van der Waals surface area (Å²) in [5.74, 6) is -1.30. The molecule has 0 spiro atoms. The number of hydrogen-bond donors (Lipinski definition) is 0. The van der Waals surface area contributed by atoms with Crippen LogP contribution in [0, 0.1) is 6.92 Å². The van der Waals surface area contributed by atoms with Crippen molar-refractivity contribution in [2.24, 2.45) is 0 Å². The smallest absolute Gasteiger partial charge is 0.227 e. The number of benzene rings is 1. The zero-order valence-electron chi connectivity index (χ0n) is 12.0. The molecule has 1 heterocycles. The number of amides is 1. The lowest BCUT2D eigenvalue weighted by molar-refractivity contribution is -0.307. The first-order valence-corrected chi connectivity index (χ1v) is 7.17. The van der Waals surface area contributed by atoms with Gasteiger partial charge in [-0.15, -0.1) is 0 Å². The van der Waals surface area contributed by atoms with Crippen LogP contribution in [0.5, 0.6) is 0 Å². The maximum Gasteiger partial charge on any atom is 0.227 e. The zero-order valence-corrected chi connectivity index (χ0v) is 12.0. The van der Waals surface area contributed by atoms with Gasteiger partial charge in [-0.3, -0.25) is 4.79 Å². The molecule has 0 aliphatic carbocycles. The highest BCUT2D eigenvalue weighted by Crippen LogP contribution is 2.29. The van der Waals surface area contributed by atoms with Gasteiger partial charge < -0.3 is 14.8 Å². The summed E-state index contributed by atoms with van der Waals surface area (Å²) in [6.07, 6.45) is 3.38. The summed E-state index contributed by atoms with van der Waals surface area (Å²) in [4.78, 5) is 25.2. The van der Waals surface area contributed by atoms with Crippen molar-refractivity contribution < 1.29 is 14.7 Å². The number of carboxylic acids is 1. The van der Waals surface area contributed by atoms with Gasteiger partial charge in [0.25, 0.3) is 0 Å². The third-order valence-corrected chi connectivity index (χ3v) is 3.83. The minimum absolute atomic E-state index is 0.118. The fourth-order valence-corrected chi connectivity index (χ4v) is 2.75. The second kappa shape index (κ2) is 6.07. The molecule has 0 N–H and O–H groups in total. The Kier molecular flexibility index (Phi) is 4.42. The standard InChI is InChI=1S/C16H21NO3/c1-3-13(16(19)20)17-14-10-11(2)8-9-12(14)6-4-5-7-15(17)18/h8-10,13H,3-7H2,1-2H3,(H,19,20)/p-1. The van der Waals surface area contributed by atoms with Gasteiger partial charge in [0.15, 0.2) is 0 Å². The summed E-state index contributed by atoms with van der Waals surface area (Å²) in [7, 11) is 0. The summed E-state index contributed by atoms with van der Waals surface area (Å²) >= 11 is 0. The van der Waals surface area contributed by atoms with Crippen LogP contribution >= 0.6 is 0 Å². The first-order chi connectivity index (χ1) is 9.54. The molecule has 1 atom stereocenters. The minimum Gasteiger partial charge on any atom is -0.548 e. The third kappa shape index (κ3) is 2.84. The van der Waals surface area contributed by atoms with Crippen molar-refractivity contribution in [2.75, 3.05) is 4.90 Å². The van der Waals surface area contributed by atoms with Crippen molar-refractivity contribution >= 4 is 17.6 Å². The van der Waals surface area contributed by atoms with Gasteiger partial charge in [-0.05, 0) is 49.8 Å². The predicted octanol–water partition coefficient (Wildman–Crippen LogP) is 1.58. The first-order valence-electron chi connectivity index (χ1n) is 7.17. The van der Waals surface area contributed by atoms with E-state index in [2.05, 4.69) is 0 Å². The Morgan fingerprint density at radius 1 is 1.35 bits per heavy atom. The quantitative estimate of drug-likeness (QED) is 0.840. The van der Waals surface area contributed by atoms with Gasteiger partial charge in [0.1, 0.15) is 0 Å². The van der Waals surface area contributed by atoms with Crippen molar-refractivity contribution in [2.45, 2.75) is 52.0 Å². The van der Waals surface area contributed by atoms with Crippen LogP contribution in [0.15, 0.2) is 18.2 Å². The molecule has 0 bridgehead atoms. The Morgan fingerprint density at radius 2 is 2.05 bits per heavy atom. The van der Waals surface area contributed by atoms with E-state index >= 15 is 0 Å². The highest BCUT2D eigenvalue weighted by molar-refractivity contribution is 5.99. The summed E-state index contributed by atoms with van der Waals surface area (Å²) in [6.45, 7) is 3.71. The molecule has 1 amide bonds. The molecule has 0 saturated carbocycles. The summed E-state index contributed by atoms with van der Waals surface area (Å²) in [5, 5.41) is 11.4. The first kappa shape index (κ1) is 14.6. The van der Waals surface area contributed by atoms with Crippen molar-refractivity contribution in [3.8, 4) is 0 Å². The summed E-state index contributed by atoms with van der Waals surface area (Å²) < 4.78 is 0. The highest BCUT2D eigenvalue weighted by atomic mass is 16.4. The predicted molar refractivity (Wildman–Crippen MR) is 75.3 cm³/mol. The molecule has 20 heavy (non-hydrogen) atoms. The molecule has 2 rings (SSSR count). The summed E-state index contributed by atoms with van der Waals surface area (Å²) in [6, 6.07) is 5.02. The van der Waals surface area contributed by atoms with E-state index in [-0.39, 0.29) is 5.91 Å². The maximum absolute atomic E-state index is 12.4. The van der Waals surface area contributed by atoms with E-state index in [9.17, 15) is 14.7 Å². The molecular weight excluding hydrogens is 254 g/mol. The molecule has 0 aromatic heterocycles. The van der Waals surface area contributed by atoms with Crippen LogP contribution in [0.1, 0.15) is 43.7 Å². The monoisotopic (exact) mass is 274 g/mol. The van der Waals surface area contributed by atoms with Crippen LogP contribution in [-0.2, 0) is 16.0 Å². The van der Waals surface area contributed by atoms with Gasteiger partial charge in [0.2, 0.25) is 5.91 Å². The Hall–Kier alpha value is -1.84. The van der Waals surface area contributed by atoms with Crippen LogP contribution in [0.3, 0.4) is 0 Å². The van der Waals surface area contributed by atoms with Crippen LogP contribution < -0.4 is 10.0 Å². The molecule has 1 aromatic rings. The molecule has 1 aliphatic heterocycles. The number of rotatable bonds is 3. The van der Waals surface area contributed by atoms with E-state index in [4.69, 9.17) is 0 Å². The summed E-state index contributed by atoms with van der Waals surface area (Å²) in [5.41, 5.74) is 2.81. The number of carboxylic acid groups (broad SMARTS) is 1. The molecule has 1 aromatic carbocycles. The van der Waals surface area contributed by atoms with Crippen LogP contribution in [0.25, 0.3) is 0 Å². The number of carbonyl (C=O) groups excluding carboxylic acids is 2. The molecule has 0 saturated heterocycles. The van der Waals surface area contributed by atoms with Crippen LogP contribution in [-0.4, -0.2) is 17.9 Å². The SMILES string of the molecule is CCC(C(=O)[O-])N1C(=O)CCCCc2ccc(C)cc21. The number of aryl methyl sites for hydroxylation is 2. The molecular formula is C16H20NO3-. The Bertz CT molecular complexity index is 524. The second-order valence-electron chi connectivity index (χ2n) is 5.35. The average molecular weight is 274 g/mol. The number of anilines is 1. The fraction of sp³-hybridized carbons (Fsp3) is 0.500.